The number of carbonyl (C=O) groups excluding carboxylic acids is 1. The number of nitrogens with zero attached hydrogens (tertiary/aromatic N) is 1. The van der Waals surface area contributed by atoms with E-state index in [1.807, 2.05) is 11.5 Å². The first-order valence-electron chi connectivity index (χ1n) is 2.82. The summed E-state index contributed by atoms with van der Waals surface area (Å²) in [6, 6.07) is -0.410. The van der Waals surface area contributed by atoms with Crippen molar-refractivity contribution in [2.24, 2.45) is 5.73 Å². The predicted octanol–water partition coefficient (Wildman–Crippen LogP) is 1.10. The molecule has 0 aliphatic carbocycles. The van der Waals surface area contributed by atoms with Gasteiger partial charge in [-0.05, 0) is 11.5 Å². The molecule has 0 aromatic rings. The summed E-state index contributed by atoms with van der Waals surface area (Å²) in [4.78, 5) is 12.0. The SMILES string of the molecule is NC(=O)N1C=CC=CSC1. The monoisotopic (exact) mass is 156 g/mol. The summed E-state index contributed by atoms with van der Waals surface area (Å²) in [5, 5.41) is 1.92. The molecule has 54 valence electrons. The van der Waals surface area contributed by atoms with Gasteiger partial charge in [0.1, 0.15) is 0 Å². The summed E-state index contributed by atoms with van der Waals surface area (Å²) in [6.45, 7) is 0. The van der Waals surface area contributed by atoms with Crippen LogP contribution in [-0.2, 0) is 0 Å². The molecule has 0 bridgehead atoms. The molecule has 2 amide bonds. The first-order valence-corrected chi connectivity index (χ1v) is 3.86. The second-order valence-corrected chi connectivity index (χ2v) is 2.64. The Morgan fingerprint density at radius 2 is 2.40 bits per heavy atom. The molecule has 1 aliphatic heterocycles. The Balaban J connectivity index is 2.56. The molecule has 1 aliphatic rings. The Labute approximate surface area is 63.6 Å². The van der Waals surface area contributed by atoms with E-state index in [9.17, 15) is 4.79 Å². The first-order chi connectivity index (χ1) is 4.80. The smallest absolute Gasteiger partial charge is 0.319 e. The highest BCUT2D eigenvalue weighted by Crippen LogP contribution is 2.09. The number of allylic oxidation sites excluding steroid dienone is 2. The molecule has 4 heteroatoms. The molecule has 0 atom stereocenters. The Morgan fingerprint density at radius 1 is 1.60 bits per heavy atom. The molecule has 0 fully saturated rings. The van der Waals surface area contributed by atoms with E-state index in [1.54, 1.807) is 12.3 Å². The fourth-order valence-corrected chi connectivity index (χ4v) is 1.22. The molecule has 0 aromatic carbocycles. The molecule has 0 saturated carbocycles. The van der Waals surface area contributed by atoms with Crippen LogP contribution in [0.4, 0.5) is 4.79 Å². The third-order valence-corrected chi connectivity index (χ3v) is 1.83. The molecule has 1 rings (SSSR count). The number of nitrogens with two attached hydrogens (primary N) is 1. The van der Waals surface area contributed by atoms with Gasteiger partial charge in [-0.25, -0.2) is 4.79 Å². The molecule has 1 heterocycles. The highest BCUT2D eigenvalue weighted by Gasteiger charge is 2.04. The van der Waals surface area contributed by atoms with Crippen molar-refractivity contribution in [2.75, 3.05) is 5.88 Å². The summed E-state index contributed by atoms with van der Waals surface area (Å²) < 4.78 is 0. The summed E-state index contributed by atoms with van der Waals surface area (Å²) >= 11 is 1.53. The van der Waals surface area contributed by atoms with Gasteiger partial charge in [-0.15, -0.1) is 11.8 Å². The van der Waals surface area contributed by atoms with Gasteiger partial charge in [0.2, 0.25) is 0 Å². The number of carbonyl (C=O) groups is 1. The van der Waals surface area contributed by atoms with Crippen LogP contribution < -0.4 is 5.73 Å². The van der Waals surface area contributed by atoms with E-state index in [0.29, 0.717) is 5.88 Å². The molecular weight excluding hydrogens is 148 g/mol. The van der Waals surface area contributed by atoms with E-state index in [4.69, 9.17) is 5.73 Å². The zero-order valence-electron chi connectivity index (χ0n) is 5.36. The Bertz CT molecular complexity index is 188. The first kappa shape index (κ1) is 7.21. The molecule has 0 spiro atoms. The lowest BCUT2D eigenvalue weighted by Crippen LogP contribution is -2.30. The number of hydrogen-bond acceptors (Lipinski definition) is 2. The van der Waals surface area contributed by atoms with Crippen molar-refractivity contribution in [3.8, 4) is 0 Å². The maximum atomic E-state index is 10.6. The van der Waals surface area contributed by atoms with Crippen LogP contribution in [0.2, 0.25) is 0 Å². The van der Waals surface area contributed by atoms with Crippen molar-refractivity contribution in [3.05, 3.63) is 23.8 Å². The normalized spacial score (nSPS) is 17.0. The van der Waals surface area contributed by atoms with Crippen LogP contribution in [0.25, 0.3) is 0 Å². The molecular formula is C6H8N2OS. The zero-order valence-corrected chi connectivity index (χ0v) is 6.17. The minimum absolute atomic E-state index is 0.410. The summed E-state index contributed by atoms with van der Waals surface area (Å²) in [6.07, 6.45) is 5.32. The molecule has 0 saturated heterocycles. The summed E-state index contributed by atoms with van der Waals surface area (Å²) in [5.41, 5.74) is 5.03. The molecule has 10 heavy (non-hydrogen) atoms. The number of urea groups is 1. The van der Waals surface area contributed by atoms with E-state index in [-0.39, 0.29) is 0 Å². The van der Waals surface area contributed by atoms with Crippen molar-refractivity contribution in [1.82, 2.24) is 4.90 Å². The average molecular weight is 156 g/mol. The second kappa shape index (κ2) is 3.31. The van der Waals surface area contributed by atoms with Gasteiger partial charge in [0.25, 0.3) is 0 Å². The maximum Gasteiger partial charge on any atom is 0.319 e. The number of thioether (sulfide) groups is 1. The Hall–Kier alpha value is -0.900. The fraction of sp³-hybridized carbons (Fsp3) is 0.167. The van der Waals surface area contributed by atoms with Gasteiger partial charge in [-0.1, -0.05) is 6.08 Å². The van der Waals surface area contributed by atoms with Crippen LogP contribution in [0.1, 0.15) is 0 Å². The van der Waals surface area contributed by atoms with Gasteiger partial charge in [0, 0.05) is 6.20 Å². The number of hydrogen-bond donors (Lipinski definition) is 1. The number of rotatable bonds is 0. The summed E-state index contributed by atoms with van der Waals surface area (Å²) in [7, 11) is 0. The standard InChI is InChI=1S/C6H8N2OS/c7-6(9)8-3-1-2-4-10-5-8/h1-4H,5H2,(H2,7,9). The third kappa shape index (κ3) is 1.80. The fourth-order valence-electron chi connectivity index (χ4n) is 0.558. The van der Waals surface area contributed by atoms with Crippen LogP contribution in [0.5, 0.6) is 0 Å². The molecule has 3 nitrogen and oxygen atoms in total. The van der Waals surface area contributed by atoms with Crippen molar-refractivity contribution in [1.29, 1.82) is 0 Å². The van der Waals surface area contributed by atoms with Crippen molar-refractivity contribution in [2.45, 2.75) is 0 Å². The zero-order chi connectivity index (χ0) is 7.40. The van der Waals surface area contributed by atoms with Crippen molar-refractivity contribution < 1.29 is 4.79 Å². The molecule has 0 radical (unpaired) electrons. The minimum Gasteiger partial charge on any atom is -0.351 e. The van der Waals surface area contributed by atoms with Crippen molar-refractivity contribution >= 4 is 17.8 Å². The lowest BCUT2D eigenvalue weighted by atomic mass is 10.6. The predicted molar refractivity (Wildman–Crippen MR) is 42.2 cm³/mol. The van der Waals surface area contributed by atoms with Gasteiger partial charge in [0.15, 0.2) is 0 Å². The number of amides is 2. The van der Waals surface area contributed by atoms with Crippen LogP contribution in [0.15, 0.2) is 23.8 Å². The van der Waals surface area contributed by atoms with Crippen molar-refractivity contribution in [3.63, 3.8) is 0 Å². The van der Waals surface area contributed by atoms with Crippen LogP contribution >= 0.6 is 11.8 Å². The average Bonchev–Trinajstić information content (AvgIpc) is 2.12. The van der Waals surface area contributed by atoms with Crippen LogP contribution in [0.3, 0.4) is 0 Å². The van der Waals surface area contributed by atoms with E-state index >= 15 is 0 Å². The molecule has 0 unspecified atom stereocenters. The van der Waals surface area contributed by atoms with E-state index < -0.39 is 6.03 Å². The van der Waals surface area contributed by atoms with E-state index in [1.165, 1.54) is 16.7 Å². The largest absolute Gasteiger partial charge is 0.351 e. The second-order valence-electron chi connectivity index (χ2n) is 1.77. The lowest BCUT2D eigenvalue weighted by Gasteiger charge is -2.11. The Kier molecular flexibility index (Phi) is 2.39. The van der Waals surface area contributed by atoms with E-state index in [2.05, 4.69) is 0 Å². The Morgan fingerprint density at radius 3 is 3.10 bits per heavy atom. The van der Waals surface area contributed by atoms with Crippen LogP contribution in [-0.4, -0.2) is 16.8 Å². The van der Waals surface area contributed by atoms with Gasteiger partial charge in [-0.3, -0.25) is 4.90 Å². The molecule has 0 aromatic heterocycles. The van der Waals surface area contributed by atoms with Gasteiger partial charge >= 0.3 is 6.03 Å². The highest BCUT2D eigenvalue weighted by molar-refractivity contribution is 8.02. The van der Waals surface area contributed by atoms with Gasteiger partial charge in [0.05, 0.1) is 5.88 Å². The van der Waals surface area contributed by atoms with Gasteiger partial charge in [-0.2, -0.15) is 0 Å². The lowest BCUT2D eigenvalue weighted by molar-refractivity contribution is 0.230. The van der Waals surface area contributed by atoms with Gasteiger partial charge < -0.3 is 5.73 Å². The maximum absolute atomic E-state index is 10.6. The van der Waals surface area contributed by atoms with E-state index in [0.717, 1.165) is 0 Å². The summed E-state index contributed by atoms with van der Waals surface area (Å²) in [5.74, 6) is 0.600. The number of primary amides is 1. The van der Waals surface area contributed by atoms with Crippen LogP contribution in [0, 0.1) is 0 Å². The topological polar surface area (TPSA) is 46.3 Å². The molecule has 2 N–H and O–H groups in total. The quantitative estimate of drug-likeness (QED) is 0.570. The third-order valence-electron chi connectivity index (χ3n) is 1.05. The minimum atomic E-state index is -0.410. The highest BCUT2D eigenvalue weighted by atomic mass is 32.2.